The first-order chi connectivity index (χ1) is 14.4. The molecule has 0 aromatic heterocycles. The zero-order valence-corrected chi connectivity index (χ0v) is 17.4. The zero-order chi connectivity index (χ0) is 21.7. The van der Waals surface area contributed by atoms with Crippen LogP contribution in [0.3, 0.4) is 0 Å². The van der Waals surface area contributed by atoms with Crippen molar-refractivity contribution in [3.8, 4) is 16.9 Å². The maximum atomic E-state index is 13.8. The van der Waals surface area contributed by atoms with Gasteiger partial charge in [0.05, 0.1) is 12.2 Å². The highest BCUT2D eigenvalue weighted by molar-refractivity contribution is 5.77. The summed E-state index contributed by atoms with van der Waals surface area (Å²) < 4.78 is 30.9. The number of nitrogens with one attached hydrogen (secondary N) is 1. The molecule has 0 aliphatic carbocycles. The first kappa shape index (κ1) is 22.2. The van der Waals surface area contributed by atoms with Crippen LogP contribution in [0.5, 0.6) is 5.75 Å². The molecule has 1 fully saturated rings. The SMILES string of the molecule is CNC(=O)CCc1ccc(OC2O[C@@H](C)C(OC)C[C@H]2O)cc1-c1cccc(F)c1. The Kier molecular flexibility index (Phi) is 7.42. The van der Waals surface area contributed by atoms with Crippen LogP contribution in [0, 0.1) is 5.82 Å². The summed E-state index contributed by atoms with van der Waals surface area (Å²) in [5, 5.41) is 13.0. The average molecular weight is 417 g/mol. The number of amides is 1. The lowest BCUT2D eigenvalue weighted by atomic mass is 9.96. The van der Waals surface area contributed by atoms with Gasteiger partial charge in [0.15, 0.2) is 0 Å². The van der Waals surface area contributed by atoms with E-state index < -0.39 is 12.4 Å². The fourth-order valence-electron chi connectivity index (χ4n) is 3.60. The number of aliphatic hydroxyl groups excluding tert-OH is 1. The highest BCUT2D eigenvalue weighted by atomic mass is 19.1. The lowest BCUT2D eigenvalue weighted by Gasteiger charge is -2.37. The number of aliphatic hydroxyl groups is 1. The summed E-state index contributed by atoms with van der Waals surface area (Å²) in [6.45, 7) is 1.87. The third kappa shape index (κ3) is 5.36. The maximum Gasteiger partial charge on any atom is 0.226 e. The number of ether oxygens (including phenoxy) is 3. The van der Waals surface area contributed by atoms with Crippen LogP contribution in [0.25, 0.3) is 11.1 Å². The quantitative estimate of drug-likeness (QED) is 0.724. The van der Waals surface area contributed by atoms with E-state index in [1.54, 1.807) is 32.4 Å². The Labute approximate surface area is 176 Å². The predicted octanol–water partition coefficient (Wildman–Crippen LogP) is 3.06. The molecule has 2 aromatic rings. The average Bonchev–Trinajstić information content (AvgIpc) is 2.74. The predicted molar refractivity (Wildman–Crippen MR) is 111 cm³/mol. The minimum absolute atomic E-state index is 0.0686. The fourth-order valence-corrected chi connectivity index (χ4v) is 3.60. The molecule has 0 radical (unpaired) electrons. The van der Waals surface area contributed by atoms with Crippen LogP contribution in [0.2, 0.25) is 0 Å². The minimum atomic E-state index is -0.836. The molecule has 1 aliphatic heterocycles. The zero-order valence-electron chi connectivity index (χ0n) is 17.4. The van der Waals surface area contributed by atoms with Crippen molar-refractivity contribution in [2.75, 3.05) is 14.2 Å². The van der Waals surface area contributed by atoms with E-state index in [2.05, 4.69) is 5.32 Å². The summed E-state index contributed by atoms with van der Waals surface area (Å²) in [7, 11) is 3.18. The first-order valence-electron chi connectivity index (χ1n) is 10.0. The van der Waals surface area contributed by atoms with Crippen molar-refractivity contribution in [3.05, 3.63) is 53.8 Å². The van der Waals surface area contributed by atoms with E-state index in [1.807, 2.05) is 19.1 Å². The Morgan fingerprint density at radius 1 is 1.30 bits per heavy atom. The van der Waals surface area contributed by atoms with E-state index in [9.17, 15) is 14.3 Å². The molecule has 2 aromatic carbocycles. The second-order valence-corrected chi connectivity index (χ2v) is 7.41. The van der Waals surface area contributed by atoms with Gasteiger partial charge in [-0.05, 0) is 54.3 Å². The number of methoxy groups -OCH3 is 1. The molecule has 1 amide bonds. The smallest absolute Gasteiger partial charge is 0.226 e. The van der Waals surface area contributed by atoms with Crippen LogP contribution in [-0.2, 0) is 20.7 Å². The largest absolute Gasteiger partial charge is 0.462 e. The third-order valence-corrected chi connectivity index (χ3v) is 5.33. The third-order valence-electron chi connectivity index (χ3n) is 5.33. The molecule has 7 heteroatoms. The first-order valence-corrected chi connectivity index (χ1v) is 10.0. The Morgan fingerprint density at radius 3 is 2.80 bits per heavy atom. The second kappa shape index (κ2) is 10.0. The number of rotatable bonds is 7. The van der Waals surface area contributed by atoms with Crippen LogP contribution < -0.4 is 10.1 Å². The van der Waals surface area contributed by atoms with Gasteiger partial charge in [0, 0.05) is 27.0 Å². The van der Waals surface area contributed by atoms with Crippen molar-refractivity contribution < 1.29 is 28.5 Å². The monoisotopic (exact) mass is 417 g/mol. The van der Waals surface area contributed by atoms with Crippen molar-refractivity contribution in [2.45, 2.75) is 50.8 Å². The Bertz CT molecular complexity index is 874. The van der Waals surface area contributed by atoms with Crippen LogP contribution in [0.4, 0.5) is 4.39 Å². The van der Waals surface area contributed by atoms with Crippen molar-refractivity contribution in [2.24, 2.45) is 0 Å². The van der Waals surface area contributed by atoms with Crippen molar-refractivity contribution in [3.63, 3.8) is 0 Å². The molecule has 1 heterocycles. The highest BCUT2D eigenvalue weighted by Gasteiger charge is 2.36. The second-order valence-electron chi connectivity index (χ2n) is 7.41. The summed E-state index contributed by atoms with van der Waals surface area (Å²) in [5.41, 5.74) is 2.35. The number of aryl methyl sites for hydroxylation is 1. The van der Waals surface area contributed by atoms with Crippen molar-refractivity contribution in [1.82, 2.24) is 5.32 Å². The number of halogens is 1. The molecule has 1 aliphatic rings. The van der Waals surface area contributed by atoms with Gasteiger partial charge in [-0.15, -0.1) is 0 Å². The van der Waals surface area contributed by atoms with Crippen LogP contribution in [-0.4, -0.2) is 49.8 Å². The number of hydrogen-bond acceptors (Lipinski definition) is 5. The topological polar surface area (TPSA) is 77.0 Å². The number of carbonyl (C=O) groups is 1. The van der Waals surface area contributed by atoms with Crippen molar-refractivity contribution in [1.29, 1.82) is 0 Å². The van der Waals surface area contributed by atoms with Gasteiger partial charge in [0.2, 0.25) is 12.2 Å². The normalized spacial score (nSPS) is 23.8. The Hall–Kier alpha value is -2.48. The summed E-state index contributed by atoms with van der Waals surface area (Å²) in [6.07, 6.45) is -0.864. The van der Waals surface area contributed by atoms with Gasteiger partial charge in [0.1, 0.15) is 17.7 Å². The van der Waals surface area contributed by atoms with Crippen LogP contribution >= 0.6 is 0 Å². The van der Waals surface area contributed by atoms with Gasteiger partial charge < -0.3 is 24.6 Å². The summed E-state index contributed by atoms with van der Waals surface area (Å²) in [5.74, 6) is 0.0764. The molecule has 2 unspecified atom stereocenters. The fraction of sp³-hybridized carbons (Fsp3) is 0.435. The molecule has 6 nitrogen and oxygen atoms in total. The van der Waals surface area contributed by atoms with E-state index in [4.69, 9.17) is 14.2 Å². The minimum Gasteiger partial charge on any atom is -0.462 e. The Balaban J connectivity index is 1.85. The van der Waals surface area contributed by atoms with Gasteiger partial charge in [-0.2, -0.15) is 0 Å². The molecule has 0 bridgehead atoms. The van der Waals surface area contributed by atoms with Gasteiger partial charge >= 0.3 is 0 Å². The number of hydrogen-bond donors (Lipinski definition) is 2. The summed E-state index contributed by atoms with van der Waals surface area (Å²) in [6, 6.07) is 11.7. The molecule has 162 valence electrons. The molecule has 2 N–H and O–H groups in total. The number of benzene rings is 2. The lowest BCUT2D eigenvalue weighted by Crippen LogP contribution is -2.49. The molecule has 1 saturated heterocycles. The van der Waals surface area contributed by atoms with Gasteiger partial charge in [-0.3, -0.25) is 4.79 Å². The van der Waals surface area contributed by atoms with Gasteiger partial charge in [0.25, 0.3) is 0 Å². The molecular formula is C23H28FNO5. The molecule has 4 atom stereocenters. The number of carbonyl (C=O) groups excluding carboxylic acids is 1. The summed E-state index contributed by atoms with van der Waals surface area (Å²) in [4.78, 5) is 11.7. The van der Waals surface area contributed by atoms with Gasteiger partial charge in [-0.1, -0.05) is 18.2 Å². The molecule has 0 spiro atoms. The molecular weight excluding hydrogens is 389 g/mol. The van der Waals surface area contributed by atoms with E-state index >= 15 is 0 Å². The van der Waals surface area contributed by atoms with E-state index in [0.29, 0.717) is 30.6 Å². The van der Waals surface area contributed by atoms with E-state index in [-0.39, 0.29) is 23.9 Å². The lowest BCUT2D eigenvalue weighted by molar-refractivity contribution is -0.233. The molecule has 3 rings (SSSR count). The van der Waals surface area contributed by atoms with E-state index in [1.165, 1.54) is 12.1 Å². The molecule has 30 heavy (non-hydrogen) atoms. The Morgan fingerprint density at radius 2 is 2.10 bits per heavy atom. The maximum absolute atomic E-state index is 13.8. The van der Waals surface area contributed by atoms with E-state index in [0.717, 1.165) is 11.1 Å². The van der Waals surface area contributed by atoms with Gasteiger partial charge in [-0.25, -0.2) is 4.39 Å². The molecule has 0 saturated carbocycles. The van der Waals surface area contributed by atoms with Crippen molar-refractivity contribution >= 4 is 5.91 Å². The van der Waals surface area contributed by atoms with Crippen LogP contribution in [0.15, 0.2) is 42.5 Å². The summed E-state index contributed by atoms with van der Waals surface area (Å²) >= 11 is 0. The standard InChI is InChI=1S/C23H28FNO5/c1-14-21(28-3)13-20(26)23(29-14)30-18-9-7-15(8-10-22(27)25-2)19(12-18)16-5-4-6-17(24)11-16/h4-7,9,11-12,14,20-21,23,26H,8,10,13H2,1-3H3,(H,25,27)/t14-,20+,21?,23?/m0/s1. The van der Waals surface area contributed by atoms with Crippen LogP contribution in [0.1, 0.15) is 25.3 Å². The highest BCUT2D eigenvalue weighted by Crippen LogP contribution is 2.32.